The molecule has 1 rings (SSSR count). The van der Waals surface area contributed by atoms with E-state index in [2.05, 4.69) is 20.3 Å². The first-order chi connectivity index (χ1) is 8.01. The normalized spacial score (nSPS) is 16.9. The van der Waals surface area contributed by atoms with Crippen LogP contribution in [0.15, 0.2) is 4.99 Å². The van der Waals surface area contributed by atoms with Gasteiger partial charge in [0.15, 0.2) is 5.96 Å². The molecule has 0 aromatic carbocycles. The van der Waals surface area contributed by atoms with Crippen molar-refractivity contribution in [1.29, 1.82) is 0 Å². The number of guanidine groups is 1. The van der Waals surface area contributed by atoms with Gasteiger partial charge in [0, 0.05) is 25.7 Å². The Morgan fingerprint density at radius 1 is 1.41 bits per heavy atom. The number of sulfonamides is 1. The molecular weight excluding hydrogens is 240 g/mol. The first kappa shape index (κ1) is 14.2. The highest BCUT2D eigenvalue weighted by atomic mass is 32.2. The van der Waals surface area contributed by atoms with Crippen molar-refractivity contribution in [3.05, 3.63) is 0 Å². The van der Waals surface area contributed by atoms with Crippen molar-refractivity contribution in [1.82, 2.24) is 15.4 Å². The van der Waals surface area contributed by atoms with Crippen LogP contribution in [0.5, 0.6) is 0 Å². The summed E-state index contributed by atoms with van der Waals surface area (Å²) < 4.78 is 24.1. The monoisotopic (exact) mass is 262 g/mol. The molecule has 0 amide bonds. The second kappa shape index (κ2) is 6.80. The Balaban J connectivity index is 2.18. The minimum Gasteiger partial charge on any atom is -0.357 e. The average molecular weight is 262 g/mol. The van der Waals surface area contributed by atoms with Crippen molar-refractivity contribution in [2.45, 2.75) is 32.2 Å². The second-order valence-electron chi connectivity index (χ2n) is 4.20. The molecule has 1 fully saturated rings. The van der Waals surface area contributed by atoms with Crippen LogP contribution in [0, 0.1) is 0 Å². The Bertz CT molecular complexity index is 349. The number of rotatable bonds is 7. The lowest BCUT2D eigenvalue weighted by Gasteiger charge is -2.09. The quantitative estimate of drug-likeness (QED) is 0.332. The van der Waals surface area contributed by atoms with Crippen LogP contribution in [-0.4, -0.2) is 46.3 Å². The summed E-state index contributed by atoms with van der Waals surface area (Å²) >= 11 is 0. The van der Waals surface area contributed by atoms with Crippen molar-refractivity contribution in [3.63, 3.8) is 0 Å². The maximum absolute atomic E-state index is 10.8. The van der Waals surface area contributed by atoms with Crippen LogP contribution in [0.4, 0.5) is 0 Å². The van der Waals surface area contributed by atoms with Crippen molar-refractivity contribution < 1.29 is 8.42 Å². The molecule has 0 bridgehead atoms. The fraction of sp³-hybridized carbons (Fsp3) is 0.900. The third kappa shape index (κ3) is 7.98. The van der Waals surface area contributed by atoms with Gasteiger partial charge in [0.05, 0.1) is 6.26 Å². The maximum Gasteiger partial charge on any atom is 0.208 e. The van der Waals surface area contributed by atoms with E-state index in [4.69, 9.17) is 0 Å². The van der Waals surface area contributed by atoms with Gasteiger partial charge in [-0.15, -0.1) is 0 Å². The highest BCUT2D eigenvalue weighted by Crippen LogP contribution is 2.18. The number of aliphatic imine (C=N–C) groups is 1. The molecule has 0 saturated heterocycles. The lowest BCUT2D eigenvalue weighted by Crippen LogP contribution is -2.38. The summed E-state index contributed by atoms with van der Waals surface area (Å²) in [6.45, 7) is 3.91. The van der Waals surface area contributed by atoms with E-state index in [0.29, 0.717) is 25.6 Å². The molecule has 100 valence electrons. The van der Waals surface area contributed by atoms with Crippen LogP contribution < -0.4 is 15.4 Å². The number of nitrogens with zero attached hydrogens (tertiary/aromatic N) is 1. The van der Waals surface area contributed by atoms with E-state index in [1.165, 1.54) is 12.8 Å². The first-order valence-corrected chi connectivity index (χ1v) is 7.90. The van der Waals surface area contributed by atoms with E-state index in [1.54, 1.807) is 0 Å². The van der Waals surface area contributed by atoms with Crippen LogP contribution in [-0.2, 0) is 10.0 Å². The zero-order valence-electron chi connectivity index (χ0n) is 10.5. The van der Waals surface area contributed by atoms with Crippen molar-refractivity contribution in [3.8, 4) is 0 Å². The molecule has 17 heavy (non-hydrogen) atoms. The van der Waals surface area contributed by atoms with Crippen molar-refractivity contribution in [2.24, 2.45) is 4.99 Å². The molecule has 0 aromatic heterocycles. The molecule has 1 aliphatic carbocycles. The summed E-state index contributed by atoms with van der Waals surface area (Å²) in [7, 11) is -3.07. The summed E-state index contributed by atoms with van der Waals surface area (Å²) in [5, 5.41) is 6.46. The van der Waals surface area contributed by atoms with Gasteiger partial charge in [0.2, 0.25) is 10.0 Å². The van der Waals surface area contributed by atoms with Crippen LogP contribution in [0.25, 0.3) is 0 Å². The average Bonchev–Trinajstić information content (AvgIpc) is 2.99. The third-order valence-corrected chi connectivity index (χ3v) is 2.96. The smallest absolute Gasteiger partial charge is 0.208 e. The van der Waals surface area contributed by atoms with Crippen molar-refractivity contribution in [2.75, 3.05) is 25.9 Å². The topological polar surface area (TPSA) is 82.6 Å². The minimum absolute atomic E-state index is 0.436. The summed E-state index contributed by atoms with van der Waals surface area (Å²) in [5.74, 6) is 0.828. The van der Waals surface area contributed by atoms with Gasteiger partial charge in [-0.3, -0.25) is 4.99 Å². The van der Waals surface area contributed by atoms with E-state index >= 15 is 0 Å². The van der Waals surface area contributed by atoms with Gasteiger partial charge in [-0.25, -0.2) is 13.1 Å². The fourth-order valence-electron chi connectivity index (χ4n) is 1.27. The molecule has 0 spiro atoms. The lowest BCUT2D eigenvalue weighted by atomic mass is 10.4. The second-order valence-corrected chi connectivity index (χ2v) is 6.03. The Kier molecular flexibility index (Phi) is 5.70. The molecule has 7 heteroatoms. The first-order valence-electron chi connectivity index (χ1n) is 6.00. The van der Waals surface area contributed by atoms with Gasteiger partial charge in [-0.05, 0) is 26.2 Å². The van der Waals surface area contributed by atoms with Gasteiger partial charge >= 0.3 is 0 Å². The lowest BCUT2D eigenvalue weighted by molar-refractivity contribution is 0.585. The van der Waals surface area contributed by atoms with E-state index in [0.717, 1.165) is 18.8 Å². The summed E-state index contributed by atoms with van der Waals surface area (Å²) in [6, 6.07) is 0.571. The van der Waals surface area contributed by atoms with Gasteiger partial charge in [0.1, 0.15) is 0 Å². The van der Waals surface area contributed by atoms with Gasteiger partial charge in [0.25, 0.3) is 0 Å². The van der Waals surface area contributed by atoms with Crippen LogP contribution >= 0.6 is 0 Å². The third-order valence-electron chi connectivity index (χ3n) is 2.23. The zero-order valence-corrected chi connectivity index (χ0v) is 11.3. The molecule has 0 aromatic rings. The number of hydrogen-bond donors (Lipinski definition) is 3. The van der Waals surface area contributed by atoms with Gasteiger partial charge in [-0.2, -0.15) is 0 Å². The molecule has 0 heterocycles. The maximum atomic E-state index is 10.8. The molecular formula is C10H22N4O2S. The van der Waals surface area contributed by atoms with Crippen LogP contribution in [0.2, 0.25) is 0 Å². The zero-order chi connectivity index (χ0) is 12.7. The van der Waals surface area contributed by atoms with Crippen LogP contribution in [0.1, 0.15) is 26.2 Å². The predicted molar refractivity (Wildman–Crippen MR) is 69.6 cm³/mol. The summed E-state index contributed by atoms with van der Waals surface area (Å²) in [6.07, 6.45) is 4.28. The van der Waals surface area contributed by atoms with Crippen molar-refractivity contribution >= 4 is 16.0 Å². The largest absolute Gasteiger partial charge is 0.357 e. The minimum atomic E-state index is -3.07. The van der Waals surface area contributed by atoms with E-state index in [1.807, 2.05) is 6.92 Å². The molecule has 0 radical (unpaired) electrons. The van der Waals surface area contributed by atoms with E-state index < -0.39 is 10.0 Å². The Morgan fingerprint density at radius 2 is 2.12 bits per heavy atom. The number of hydrogen-bond acceptors (Lipinski definition) is 3. The fourth-order valence-corrected chi connectivity index (χ4v) is 1.78. The van der Waals surface area contributed by atoms with E-state index in [-0.39, 0.29) is 0 Å². The standard InChI is InChI=1S/C10H22N4O2S/c1-3-11-10(14-9-5-6-9)12-7-4-8-13-17(2,15)16/h9,13H,3-8H2,1-2H3,(H2,11,12,14). The Hall–Kier alpha value is -0.820. The van der Waals surface area contributed by atoms with Gasteiger partial charge < -0.3 is 10.6 Å². The van der Waals surface area contributed by atoms with Crippen LogP contribution in [0.3, 0.4) is 0 Å². The highest BCUT2D eigenvalue weighted by Gasteiger charge is 2.21. The highest BCUT2D eigenvalue weighted by molar-refractivity contribution is 7.88. The summed E-state index contributed by atoms with van der Waals surface area (Å²) in [4.78, 5) is 4.37. The Labute approximate surface area is 103 Å². The van der Waals surface area contributed by atoms with E-state index in [9.17, 15) is 8.42 Å². The molecule has 0 atom stereocenters. The molecule has 3 N–H and O–H groups in total. The molecule has 1 saturated carbocycles. The predicted octanol–water partition coefficient (Wildman–Crippen LogP) is -0.357. The Morgan fingerprint density at radius 3 is 2.65 bits per heavy atom. The number of nitrogens with one attached hydrogen (secondary N) is 3. The molecule has 1 aliphatic rings. The molecule has 0 aliphatic heterocycles. The molecule has 0 unspecified atom stereocenters. The summed E-state index contributed by atoms with van der Waals surface area (Å²) in [5.41, 5.74) is 0. The molecule has 6 nitrogen and oxygen atoms in total. The SMILES string of the molecule is CCNC(=NCCCNS(C)(=O)=O)NC1CC1. The van der Waals surface area contributed by atoms with Gasteiger partial charge in [-0.1, -0.05) is 0 Å².